The van der Waals surface area contributed by atoms with Gasteiger partial charge in [0.15, 0.2) is 0 Å². The van der Waals surface area contributed by atoms with Crippen molar-refractivity contribution in [1.29, 1.82) is 0 Å². The molecule has 1 unspecified atom stereocenters. The van der Waals surface area contributed by atoms with Gasteiger partial charge in [0.25, 0.3) is 0 Å². The standard InChI is InChI=1S/C16H15ClN2O2/c17-13-6-4-12(5-7-13)16(9-2-1-3-10-16)19-11-8-14(18-19)15(20)21/h1-7,9H,8,10-11H2,(H,20,21). The van der Waals surface area contributed by atoms with Crippen LogP contribution in [0.3, 0.4) is 0 Å². The van der Waals surface area contributed by atoms with Crippen LogP contribution in [0.5, 0.6) is 0 Å². The number of aliphatic carboxylic acids is 1. The Morgan fingerprint density at radius 1 is 1.29 bits per heavy atom. The van der Waals surface area contributed by atoms with Gasteiger partial charge in [-0.05, 0) is 24.1 Å². The summed E-state index contributed by atoms with van der Waals surface area (Å²) in [5.74, 6) is -0.945. The van der Waals surface area contributed by atoms with E-state index in [1.54, 1.807) is 0 Å². The van der Waals surface area contributed by atoms with Crippen molar-refractivity contribution in [2.75, 3.05) is 6.54 Å². The van der Waals surface area contributed by atoms with Crippen LogP contribution in [0.4, 0.5) is 0 Å². The Morgan fingerprint density at radius 3 is 2.62 bits per heavy atom. The predicted octanol–water partition coefficient (Wildman–Crippen LogP) is 3.20. The first kappa shape index (κ1) is 13.9. The van der Waals surface area contributed by atoms with E-state index in [0.717, 1.165) is 12.0 Å². The van der Waals surface area contributed by atoms with Gasteiger partial charge in [0.05, 0.1) is 0 Å². The quantitative estimate of drug-likeness (QED) is 0.933. The van der Waals surface area contributed by atoms with Gasteiger partial charge in [-0.15, -0.1) is 0 Å². The zero-order valence-electron chi connectivity index (χ0n) is 11.4. The number of carboxylic acid groups (broad SMARTS) is 1. The Hall–Kier alpha value is -2.07. The van der Waals surface area contributed by atoms with Crippen molar-refractivity contribution in [2.45, 2.75) is 18.4 Å². The normalized spacial score (nSPS) is 24.2. The summed E-state index contributed by atoms with van der Waals surface area (Å²) >= 11 is 5.97. The van der Waals surface area contributed by atoms with Crippen molar-refractivity contribution in [1.82, 2.24) is 5.01 Å². The van der Waals surface area contributed by atoms with E-state index < -0.39 is 11.5 Å². The number of benzene rings is 1. The fourth-order valence-corrected chi connectivity index (χ4v) is 2.92. The first-order valence-corrected chi connectivity index (χ1v) is 7.18. The number of carboxylic acids is 1. The summed E-state index contributed by atoms with van der Waals surface area (Å²) in [4.78, 5) is 11.1. The zero-order chi connectivity index (χ0) is 14.9. The predicted molar refractivity (Wildman–Crippen MR) is 82.4 cm³/mol. The SMILES string of the molecule is O=C(O)C1=NN(C2(c3ccc(Cl)cc3)C=CC=CC2)CC1. The first-order valence-electron chi connectivity index (χ1n) is 6.81. The molecule has 0 fully saturated rings. The summed E-state index contributed by atoms with van der Waals surface area (Å²) in [6.07, 6.45) is 9.33. The number of rotatable bonds is 3. The van der Waals surface area contributed by atoms with E-state index in [2.05, 4.69) is 17.3 Å². The van der Waals surface area contributed by atoms with Crippen LogP contribution in [0, 0.1) is 0 Å². The van der Waals surface area contributed by atoms with Gasteiger partial charge in [0.1, 0.15) is 11.3 Å². The second-order valence-electron chi connectivity index (χ2n) is 5.15. The Labute approximate surface area is 128 Å². The molecule has 4 nitrogen and oxygen atoms in total. The van der Waals surface area contributed by atoms with Gasteiger partial charge in [-0.3, -0.25) is 5.01 Å². The molecular weight excluding hydrogens is 288 g/mol. The second kappa shape index (κ2) is 5.37. The highest BCUT2D eigenvalue weighted by atomic mass is 35.5. The van der Waals surface area contributed by atoms with Gasteiger partial charge in [-0.2, -0.15) is 5.10 Å². The molecule has 1 aliphatic carbocycles. The van der Waals surface area contributed by atoms with Crippen molar-refractivity contribution in [3.8, 4) is 0 Å². The molecule has 0 spiro atoms. The number of hydrazone groups is 1. The monoisotopic (exact) mass is 302 g/mol. The zero-order valence-corrected chi connectivity index (χ0v) is 12.1. The van der Waals surface area contributed by atoms with Gasteiger partial charge < -0.3 is 5.11 Å². The molecule has 108 valence electrons. The van der Waals surface area contributed by atoms with Crippen LogP contribution in [-0.2, 0) is 10.3 Å². The van der Waals surface area contributed by atoms with Crippen molar-refractivity contribution < 1.29 is 9.90 Å². The lowest BCUT2D eigenvalue weighted by Crippen LogP contribution is -2.40. The van der Waals surface area contributed by atoms with E-state index in [0.29, 0.717) is 18.0 Å². The minimum atomic E-state index is -0.945. The maximum absolute atomic E-state index is 11.1. The van der Waals surface area contributed by atoms with Crippen molar-refractivity contribution in [3.63, 3.8) is 0 Å². The molecule has 2 aliphatic rings. The Morgan fingerprint density at radius 2 is 2.05 bits per heavy atom. The number of halogens is 1. The lowest BCUT2D eigenvalue weighted by Gasteiger charge is -2.39. The van der Waals surface area contributed by atoms with Gasteiger partial charge in [-0.1, -0.05) is 48.0 Å². The lowest BCUT2D eigenvalue weighted by atomic mass is 9.83. The maximum Gasteiger partial charge on any atom is 0.352 e. The highest BCUT2D eigenvalue weighted by molar-refractivity contribution is 6.36. The van der Waals surface area contributed by atoms with Crippen LogP contribution in [0.25, 0.3) is 0 Å². The molecule has 0 amide bonds. The number of hydrogen-bond acceptors (Lipinski definition) is 3. The molecule has 3 rings (SSSR count). The molecular formula is C16H15ClN2O2. The summed E-state index contributed by atoms with van der Waals surface area (Å²) in [5.41, 5.74) is 0.838. The number of hydrogen-bond donors (Lipinski definition) is 1. The Balaban J connectivity index is 2.03. The van der Waals surface area contributed by atoms with Crippen LogP contribution in [0.1, 0.15) is 18.4 Å². The molecule has 1 aliphatic heterocycles. The summed E-state index contributed by atoms with van der Waals surface area (Å²) < 4.78 is 0. The van der Waals surface area contributed by atoms with E-state index >= 15 is 0 Å². The van der Waals surface area contributed by atoms with E-state index in [9.17, 15) is 4.79 Å². The number of allylic oxidation sites excluding steroid dienone is 2. The fraction of sp³-hybridized carbons (Fsp3) is 0.250. The second-order valence-corrected chi connectivity index (χ2v) is 5.58. The average Bonchev–Trinajstić information content (AvgIpc) is 2.99. The van der Waals surface area contributed by atoms with Gasteiger partial charge >= 0.3 is 5.97 Å². The number of carbonyl (C=O) groups is 1. The van der Waals surface area contributed by atoms with Crippen LogP contribution >= 0.6 is 11.6 Å². The Kier molecular flexibility index (Phi) is 3.55. The largest absolute Gasteiger partial charge is 0.477 e. The van der Waals surface area contributed by atoms with Crippen molar-refractivity contribution in [2.24, 2.45) is 5.10 Å². The summed E-state index contributed by atoms with van der Waals surface area (Å²) in [7, 11) is 0. The summed E-state index contributed by atoms with van der Waals surface area (Å²) in [6, 6.07) is 7.64. The molecule has 1 N–H and O–H groups in total. The van der Waals surface area contributed by atoms with Gasteiger partial charge in [-0.25, -0.2) is 4.79 Å². The molecule has 1 heterocycles. The highest BCUT2D eigenvalue weighted by Gasteiger charge is 2.39. The average molecular weight is 303 g/mol. The van der Waals surface area contributed by atoms with E-state index in [4.69, 9.17) is 16.7 Å². The molecule has 0 saturated heterocycles. The van der Waals surface area contributed by atoms with E-state index in [-0.39, 0.29) is 5.71 Å². The maximum atomic E-state index is 11.1. The van der Waals surface area contributed by atoms with Crippen LogP contribution in [-0.4, -0.2) is 28.3 Å². The molecule has 0 saturated carbocycles. The molecule has 1 atom stereocenters. The van der Waals surface area contributed by atoms with Crippen molar-refractivity contribution >= 4 is 23.3 Å². The molecule has 5 heteroatoms. The van der Waals surface area contributed by atoms with E-state index in [1.807, 2.05) is 41.4 Å². The van der Waals surface area contributed by atoms with Crippen LogP contribution in [0.15, 0.2) is 53.7 Å². The smallest absolute Gasteiger partial charge is 0.352 e. The van der Waals surface area contributed by atoms with Crippen LogP contribution < -0.4 is 0 Å². The third kappa shape index (κ3) is 2.47. The lowest BCUT2D eigenvalue weighted by molar-refractivity contribution is -0.129. The highest BCUT2D eigenvalue weighted by Crippen LogP contribution is 2.38. The van der Waals surface area contributed by atoms with Gasteiger partial charge in [0, 0.05) is 18.0 Å². The summed E-state index contributed by atoms with van der Waals surface area (Å²) in [5, 5.41) is 16.0. The Bertz CT molecular complexity index is 649. The molecule has 21 heavy (non-hydrogen) atoms. The molecule has 0 bridgehead atoms. The number of nitrogens with zero attached hydrogens (tertiary/aromatic N) is 2. The molecule has 1 aromatic carbocycles. The van der Waals surface area contributed by atoms with Crippen molar-refractivity contribution in [3.05, 3.63) is 59.2 Å². The molecule has 0 aromatic heterocycles. The van der Waals surface area contributed by atoms with E-state index in [1.165, 1.54) is 0 Å². The summed E-state index contributed by atoms with van der Waals surface area (Å²) in [6.45, 7) is 0.600. The molecule has 0 radical (unpaired) electrons. The third-order valence-corrected chi connectivity index (χ3v) is 4.15. The minimum Gasteiger partial charge on any atom is -0.477 e. The minimum absolute atomic E-state index is 0.214. The van der Waals surface area contributed by atoms with Gasteiger partial charge in [0.2, 0.25) is 0 Å². The first-order chi connectivity index (χ1) is 10.1. The third-order valence-electron chi connectivity index (χ3n) is 3.90. The van der Waals surface area contributed by atoms with Crippen LogP contribution in [0.2, 0.25) is 5.02 Å². The topological polar surface area (TPSA) is 52.9 Å². The molecule has 1 aromatic rings. The fourth-order valence-electron chi connectivity index (χ4n) is 2.80.